The van der Waals surface area contributed by atoms with Crippen molar-refractivity contribution in [3.8, 4) is 5.75 Å². The van der Waals surface area contributed by atoms with Gasteiger partial charge < -0.3 is 15.0 Å². The van der Waals surface area contributed by atoms with E-state index in [-0.39, 0.29) is 22.6 Å². The molecule has 0 radical (unpaired) electrons. The summed E-state index contributed by atoms with van der Waals surface area (Å²) in [5.41, 5.74) is 0.382. The Hall–Kier alpha value is -1.64. The van der Waals surface area contributed by atoms with Crippen molar-refractivity contribution in [3.63, 3.8) is 0 Å². The molecule has 2 fully saturated rings. The molecule has 0 aromatic heterocycles. The van der Waals surface area contributed by atoms with Gasteiger partial charge in [0.05, 0.1) is 7.11 Å². The van der Waals surface area contributed by atoms with Crippen LogP contribution in [0.25, 0.3) is 0 Å². The van der Waals surface area contributed by atoms with E-state index in [1.54, 1.807) is 17.0 Å². The van der Waals surface area contributed by atoms with Gasteiger partial charge in [-0.15, -0.1) is 0 Å². The van der Waals surface area contributed by atoms with Crippen LogP contribution in [0.2, 0.25) is 0 Å². The summed E-state index contributed by atoms with van der Waals surface area (Å²) < 4.78 is 32.6. The van der Waals surface area contributed by atoms with Gasteiger partial charge >= 0.3 is 0 Å². The lowest BCUT2D eigenvalue weighted by Gasteiger charge is -2.34. The van der Waals surface area contributed by atoms with Crippen molar-refractivity contribution in [2.45, 2.75) is 30.7 Å². The Kier molecular flexibility index (Phi) is 5.31. The van der Waals surface area contributed by atoms with Gasteiger partial charge in [0.1, 0.15) is 10.6 Å². The Balaban J connectivity index is 1.96. The number of nitrogens with zero attached hydrogens (tertiary/aromatic N) is 2. The molecule has 2 aliphatic rings. The third-order valence-corrected chi connectivity index (χ3v) is 6.78. The zero-order chi connectivity index (χ0) is 18.0. The van der Waals surface area contributed by atoms with Crippen molar-refractivity contribution in [1.82, 2.24) is 14.5 Å². The Labute approximate surface area is 149 Å². The summed E-state index contributed by atoms with van der Waals surface area (Å²) in [7, 11) is -2.21. The molecule has 8 heteroatoms. The predicted octanol–water partition coefficient (Wildman–Crippen LogP) is 0.914. The third-order valence-electron chi connectivity index (χ3n) is 4.86. The van der Waals surface area contributed by atoms with Gasteiger partial charge in [0.15, 0.2) is 0 Å². The molecule has 0 bridgehead atoms. The molecule has 1 amide bonds. The lowest BCUT2D eigenvalue weighted by Crippen LogP contribution is -2.52. The molecular formula is C17H25N3O4S. The van der Waals surface area contributed by atoms with Crippen molar-refractivity contribution in [3.05, 3.63) is 23.8 Å². The summed E-state index contributed by atoms with van der Waals surface area (Å²) in [6, 6.07) is 4.74. The van der Waals surface area contributed by atoms with Crippen LogP contribution in [-0.2, 0) is 10.0 Å². The predicted molar refractivity (Wildman–Crippen MR) is 94.4 cm³/mol. The van der Waals surface area contributed by atoms with E-state index < -0.39 is 10.0 Å². The van der Waals surface area contributed by atoms with Crippen molar-refractivity contribution < 1.29 is 17.9 Å². The zero-order valence-corrected chi connectivity index (χ0v) is 15.5. The van der Waals surface area contributed by atoms with Crippen LogP contribution < -0.4 is 10.1 Å². The van der Waals surface area contributed by atoms with Gasteiger partial charge in [0.25, 0.3) is 5.91 Å². The molecule has 7 nitrogen and oxygen atoms in total. The summed E-state index contributed by atoms with van der Waals surface area (Å²) in [6.45, 7) is 5.10. The number of nitrogens with one attached hydrogen (secondary N) is 1. The summed E-state index contributed by atoms with van der Waals surface area (Å²) in [4.78, 5) is 14.7. The Morgan fingerprint density at radius 3 is 2.60 bits per heavy atom. The maximum absolute atomic E-state index is 12.9. The first-order chi connectivity index (χ1) is 11.9. The minimum Gasteiger partial charge on any atom is -0.495 e. The van der Waals surface area contributed by atoms with Gasteiger partial charge in [-0.2, -0.15) is 4.31 Å². The number of benzene rings is 1. The maximum Gasteiger partial charge on any atom is 0.254 e. The topological polar surface area (TPSA) is 79.0 Å². The smallest absolute Gasteiger partial charge is 0.254 e. The first-order valence-corrected chi connectivity index (χ1v) is 10.1. The van der Waals surface area contributed by atoms with Crippen LogP contribution in [0, 0.1) is 0 Å². The standard InChI is InChI=1S/C17H25N3O4S/c1-13-12-18-7-10-20(13)17(21)14-5-6-15(24-2)16(11-14)25(22,23)19-8-3-4-9-19/h5-6,11,13,18H,3-4,7-10,12H2,1-2H3. The van der Waals surface area contributed by atoms with Crippen LogP contribution in [0.15, 0.2) is 23.1 Å². The fourth-order valence-corrected chi connectivity index (χ4v) is 5.09. The minimum absolute atomic E-state index is 0.0713. The highest BCUT2D eigenvalue weighted by atomic mass is 32.2. The number of hydrogen-bond donors (Lipinski definition) is 1. The lowest BCUT2D eigenvalue weighted by molar-refractivity contribution is 0.0655. The van der Waals surface area contributed by atoms with E-state index in [0.29, 0.717) is 25.2 Å². The van der Waals surface area contributed by atoms with Crippen molar-refractivity contribution in [1.29, 1.82) is 0 Å². The first-order valence-electron chi connectivity index (χ1n) is 8.65. The zero-order valence-electron chi connectivity index (χ0n) is 14.7. The highest BCUT2D eigenvalue weighted by molar-refractivity contribution is 7.89. The number of rotatable bonds is 4. The van der Waals surface area contributed by atoms with Gasteiger partial charge in [0, 0.05) is 44.3 Å². The average Bonchev–Trinajstić information content (AvgIpc) is 3.16. The fraction of sp³-hybridized carbons (Fsp3) is 0.588. The second-order valence-corrected chi connectivity index (χ2v) is 8.43. The van der Waals surface area contributed by atoms with E-state index in [2.05, 4.69) is 5.32 Å². The SMILES string of the molecule is COc1ccc(C(=O)N2CCNCC2C)cc1S(=O)(=O)N1CCCC1. The summed E-state index contributed by atoms with van der Waals surface area (Å²) in [5.74, 6) is 0.131. The molecule has 0 spiro atoms. The molecule has 2 aliphatic heterocycles. The van der Waals surface area contributed by atoms with Crippen LogP contribution in [0.5, 0.6) is 5.75 Å². The average molecular weight is 367 g/mol. The second kappa shape index (κ2) is 7.31. The molecule has 1 aromatic rings. The molecule has 1 unspecified atom stereocenters. The maximum atomic E-state index is 12.9. The molecule has 2 saturated heterocycles. The van der Waals surface area contributed by atoms with E-state index in [4.69, 9.17) is 4.74 Å². The number of methoxy groups -OCH3 is 1. The monoisotopic (exact) mass is 367 g/mol. The lowest BCUT2D eigenvalue weighted by atomic mass is 10.1. The van der Waals surface area contributed by atoms with E-state index >= 15 is 0 Å². The normalized spacial score (nSPS) is 22.2. The van der Waals surface area contributed by atoms with Gasteiger partial charge in [-0.3, -0.25) is 4.79 Å². The van der Waals surface area contributed by atoms with Crippen molar-refractivity contribution in [2.24, 2.45) is 0 Å². The molecular weight excluding hydrogens is 342 g/mol. The number of hydrogen-bond acceptors (Lipinski definition) is 5. The summed E-state index contributed by atoms with van der Waals surface area (Å²) in [5, 5.41) is 3.25. The Morgan fingerprint density at radius 2 is 1.96 bits per heavy atom. The van der Waals surface area contributed by atoms with Gasteiger partial charge in [-0.1, -0.05) is 0 Å². The number of carbonyl (C=O) groups excluding carboxylic acids is 1. The van der Waals surface area contributed by atoms with E-state index in [9.17, 15) is 13.2 Å². The first kappa shape index (κ1) is 18.2. The highest BCUT2D eigenvalue weighted by Gasteiger charge is 2.32. The molecule has 1 aromatic carbocycles. The van der Waals surface area contributed by atoms with Crippen LogP contribution in [0.1, 0.15) is 30.1 Å². The number of amides is 1. The van der Waals surface area contributed by atoms with Gasteiger partial charge in [-0.05, 0) is 38.0 Å². The van der Waals surface area contributed by atoms with Gasteiger partial charge in [0.2, 0.25) is 10.0 Å². The fourth-order valence-electron chi connectivity index (χ4n) is 3.39. The largest absolute Gasteiger partial charge is 0.495 e. The molecule has 138 valence electrons. The van der Waals surface area contributed by atoms with Crippen molar-refractivity contribution >= 4 is 15.9 Å². The summed E-state index contributed by atoms with van der Waals surface area (Å²) in [6.07, 6.45) is 1.72. The molecule has 0 saturated carbocycles. The number of carbonyl (C=O) groups is 1. The minimum atomic E-state index is -3.66. The van der Waals surface area contributed by atoms with E-state index in [1.165, 1.54) is 17.5 Å². The van der Waals surface area contributed by atoms with Crippen LogP contribution in [-0.4, -0.2) is 69.4 Å². The van der Waals surface area contributed by atoms with E-state index in [0.717, 1.165) is 25.9 Å². The molecule has 2 heterocycles. The Bertz CT molecular complexity index is 744. The summed E-state index contributed by atoms with van der Waals surface area (Å²) >= 11 is 0. The third kappa shape index (κ3) is 3.51. The molecule has 25 heavy (non-hydrogen) atoms. The van der Waals surface area contributed by atoms with Crippen molar-refractivity contribution in [2.75, 3.05) is 39.8 Å². The molecule has 1 atom stereocenters. The van der Waals surface area contributed by atoms with Crippen LogP contribution >= 0.6 is 0 Å². The van der Waals surface area contributed by atoms with E-state index in [1.807, 2.05) is 6.92 Å². The molecule has 3 rings (SSSR count). The van der Waals surface area contributed by atoms with Crippen LogP contribution in [0.4, 0.5) is 0 Å². The number of sulfonamides is 1. The Morgan fingerprint density at radius 1 is 1.24 bits per heavy atom. The highest BCUT2D eigenvalue weighted by Crippen LogP contribution is 2.30. The van der Waals surface area contributed by atoms with Gasteiger partial charge in [-0.25, -0.2) is 8.42 Å². The van der Waals surface area contributed by atoms with Crippen LogP contribution in [0.3, 0.4) is 0 Å². The molecule has 1 N–H and O–H groups in total. The number of ether oxygens (including phenoxy) is 1. The number of piperazine rings is 1. The quantitative estimate of drug-likeness (QED) is 0.856. The molecule has 0 aliphatic carbocycles. The second-order valence-electron chi connectivity index (χ2n) is 6.53.